The molecule has 1 heteroatoms. The van der Waals surface area contributed by atoms with E-state index < -0.39 is 0 Å². The van der Waals surface area contributed by atoms with Crippen LogP contribution in [0, 0.1) is 47.3 Å². The first-order valence-electron chi connectivity index (χ1n) is 8.12. The fourth-order valence-corrected chi connectivity index (χ4v) is 8.40. The molecule has 1 aromatic carbocycles. The van der Waals surface area contributed by atoms with Crippen LogP contribution < -0.4 is 0 Å². The van der Waals surface area contributed by atoms with Gasteiger partial charge in [-0.1, -0.05) is 30.3 Å². The summed E-state index contributed by atoms with van der Waals surface area (Å²) in [7, 11) is 0. The first-order valence-corrected chi connectivity index (χ1v) is 8.12. The normalized spacial score (nSPS) is 67.5. The third kappa shape index (κ3) is 0.665. The molecule has 4 bridgehead atoms. The van der Waals surface area contributed by atoms with Crippen molar-refractivity contribution in [1.29, 1.82) is 0 Å². The molecular formula is C18H18O. The minimum Gasteiger partial charge on any atom is -0.370 e. The van der Waals surface area contributed by atoms with Gasteiger partial charge in [0, 0.05) is 6.42 Å². The minimum absolute atomic E-state index is 0.290. The lowest BCUT2D eigenvalue weighted by molar-refractivity contribution is -0.0301. The lowest BCUT2D eigenvalue weighted by Crippen LogP contribution is -2.49. The van der Waals surface area contributed by atoms with E-state index in [0.29, 0.717) is 11.7 Å². The molecule has 96 valence electrons. The molecule has 0 spiro atoms. The largest absolute Gasteiger partial charge is 0.370 e. The van der Waals surface area contributed by atoms with Crippen molar-refractivity contribution < 1.29 is 4.74 Å². The average molecular weight is 250 g/mol. The van der Waals surface area contributed by atoms with E-state index in [1.807, 2.05) is 0 Å². The molecule has 0 N–H and O–H groups in total. The van der Waals surface area contributed by atoms with Crippen LogP contribution in [0.15, 0.2) is 30.3 Å². The summed E-state index contributed by atoms with van der Waals surface area (Å²) in [5.41, 5.74) is 1.80. The average Bonchev–Trinajstić information content (AvgIpc) is 3.03. The van der Waals surface area contributed by atoms with Crippen molar-refractivity contribution in [3.63, 3.8) is 0 Å². The van der Waals surface area contributed by atoms with Crippen molar-refractivity contribution in [3.8, 4) is 0 Å². The highest BCUT2D eigenvalue weighted by Gasteiger charge is 2.92. The summed E-state index contributed by atoms with van der Waals surface area (Å²) in [4.78, 5) is 0. The zero-order chi connectivity index (χ0) is 11.9. The molecule has 7 fully saturated rings. The van der Waals surface area contributed by atoms with Crippen molar-refractivity contribution in [2.45, 2.75) is 24.5 Å². The molecule has 2 aliphatic heterocycles. The highest BCUT2D eigenvalue weighted by molar-refractivity contribution is 5.40. The van der Waals surface area contributed by atoms with E-state index in [9.17, 15) is 0 Å². The molecule has 0 unspecified atom stereocenters. The van der Waals surface area contributed by atoms with Gasteiger partial charge in [-0.3, -0.25) is 0 Å². The minimum atomic E-state index is 0.290. The molecule has 2 heterocycles. The number of rotatable bonds is 2. The van der Waals surface area contributed by atoms with Gasteiger partial charge in [-0.2, -0.15) is 0 Å². The van der Waals surface area contributed by atoms with Crippen molar-refractivity contribution in [1.82, 2.24) is 0 Å². The SMILES string of the molecule is c1ccc(C[C@@]23O[C@@H]4[C@@H]5[C@@H]6[C@@H]7C[C@@H]([C@H]6[C@H]52)[C@@H]3[C@@H]74)cc1. The molecule has 8 rings (SSSR count). The molecule has 0 radical (unpaired) electrons. The summed E-state index contributed by atoms with van der Waals surface area (Å²) in [5, 5.41) is 0. The summed E-state index contributed by atoms with van der Waals surface area (Å²) in [6, 6.07) is 11.1. The van der Waals surface area contributed by atoms with Crippen molar-refractivity contribution in [2.75, 3.05) is 0 Å². The zero-order valence-corrected chi connectivity index (χ0v) is 10.9. The van der Waals surface area contributed by atoms with E-state index in [-0.39, 0.29) is 0 Å². The fraction of sp³-hybridized carbons (Fsp3) is 0.667. The Morgan fingerprint density at radius 1 is 0.947 bits per heavy atom. The predicted molar refractivity (Wildman–Crippen MR) is 70.3 cm³/mol. The van der Waals surface area contributed by atoms with E-state index in [0.717, 1.165) is 47.3 Å². The second-order valence-corrected chi connectivity index (χ2v) is 8.12. The van der Waals surface area contributed by atoms with E-state index in [2.05, 4.69) is 30.3 Å². The van der Waals surface area contributed by atoms with Gasteiger partial charge in [0.15, 0.2) is 0 Å². The Kier molecular flexibility index (Phi) is 1.17. The predicted octanol–water partition coefficient (Wildman–Crippen LogP) is 2.75. The fourth-order valence-electron chi connectivity index (χ4n) is 8.40. The lowest BCUT2D eigenvalue weighted by atomic mass is 9.57. The smallest absolute Gasteiger partial charge is 0.0795 e. The Morgan fingerprint density at radius 3 is 2.74 bits per heavy atom. The summed E-state index contributed by atoms with van der Waals surface area (Å²) < 4.78 is 6.76. The third-order valence-corrected chi connectivity index (χ3v) is 8.19. The van der Waals surface area contributed by atoms with Crippen molar-refractivity contribution in [3.05, 3.63) is 35.9 Å². The van der Waals surface area contributed by atoms with Crippen LogP contribution >= 0.6 is 0 Å². The summed E-state index contributed by atoms with van der Waals surface area (Å²) in [6.07, 6.45) is 3.48. The van der Waals surface area contributed by atoms with Crippen LogP contribution in [-0.2, 0) is 11.2 Å². The van der Waals surface area contributed by atoms with Gasteiger partial charge in [0.1, 0.15) is 0 Å². The third-order valence-electron chi connectivity index (χ3n) is 8.19. The number of benzene rings is 1. The second kappa shape index (κ2) is 2.41. The standard InChI is InChI=1S/C18H18O/c1-2-4-8(5-3-1)7-18-15-10-6-9-11-12(10)16(18)14(11)17(19-18)13(9)15/h1-5,9-17H,6-7H2/t9-,10-,11+,12+,13+,14+,15+,16+,17-,18-/m0/s1. The molecule has 1 nitrogen and oxygen atoms in total. The van der Waals surface area contributed by atoms with Crippen LogP contribution in [-0.4, -0.2) is 11.7 Å². The number of ether oxygens (including phenoxy) is 1. The van der Waals surface area contributed by atoms with Gasteiger partial charge in [-0.25, -0.2) is 0 Å². The summed E-state index contributed by atoms with van der Waals surface area (Å²) in [6.45, 7) is 0. The molecular weight excluding hydrogens is 232 g/mol. The molecule has 0 amide bonds. The quantitative estimate of drug-likeness (QED) is 0.784. The Hall–Kier alpha value is -0.820. The Balaban J connectivity index is 1.42. The maximum Gasteiger partial charge on any atom is 0.0795 e. The van der Waals surface area contributed by atoms with Gasteiger partial charge in [0.2, 0.25) is 0 Å². The molecule has 19 heavy (non-hydrogen) atoms. The molecule has 5 aliphatic carbocycles. The summed E-state index contributed by atoms with van der Waals surface area (Å²) in [5.74, 6) is 8.25. The molecule has 7 aliphatic rings. The first-order chi connectivity index (χ1) is 9.40. The van der Waals surface area contributed by atoms with Crippen LogP contribution in [0.25, 0.3) is 0 Å². The van der Waals surface area contributed by atoms with E-state index in [1.54, 1.807) is 6.42 Å². The molecule has 5 saturated carbocycles. The number of hydrogen-bond acceptors (Lipinski definition) is 1. The van der Waals surface area contributed by atoms with Gasteiger partial charge >= 0.3 is 0 Å². The molecule has 0 aromatic heterocycles. The molecule has 2 saturated heterocycles. The van der Waals surface area contributed by atoms with E-state index >= 15 is 0 Å². The van der Waals surface area contributed by atoms with Crippen molar-refractivity contribution in [2.24, 2.45) is 47.3 Å². The van der Waals surface area contributed by atoms with Gasteiger partial charge in [0.25, 0.3) is 0 Å². The lowest BCUT2D eigenvalue weighted by Gasteiger charge is -2.46. The zero-order valence-electron chi connectivity index (χ0n) is 10.9. The van der Waals surface area contributed by atoms with Gasteiger partial charge < -0.3 is 4.74 Å². The summed E-state index contributed by atoms with van der Waals surface area (Å²) >= 11 is 0. The molecule has 1 aromatic rings. The van der Waals surface area contributed by atoms with Crippen LogP contribution in [0.3, 0.4) is 0 Å². The second-order valence-electron chi connectivity index (χ2n) is 8.12. The Morgan fingerprint density at radius 2 is 1.84 bits per heavy atom. The van der Waals surface area contributed by atoms with Crippen LogP contribution in [0.4, 0.5) is 0 Å². The van der Waals surface area contributed by atoms with Crippen LogP contribution in [0.2, 0.25) is 0 Å². The van der Waals surface area contributed by atoms with E-state index in [4.69, 9.17) is 4.74 Å². The monoisotopic (exact) mass is 250 g/mol. The maximum atomic E-state index is 6.76. The first kappa shape index (κ1) is 9.18. The number of hydrogen-bond donors (Lipinski definition) is 0. The van der Waals surface area contributed by atoms with E-state index in [1.165, 1.54) is 12.0 Å². The van der Waals surface area contributed by atoms with Crippen LogP contribution in [0.1, 0.15) is 12.0 Å². The Labute approximate surface area is 113 Å². The van der Waals surface area contributed by atoms with Crippen molar-refractivity contribution >= 4 is 0 Å². The molecule has 10 atom stereocenters. The van der Waals surface area contributed by atoms with Gasteiger partial charge in [-0.05, 0) is 59.3 Å². The topological polar surface area (TPSA) is 9.23 Å². The highest BCUT2D eigenvalue weighted by Crippen LogP contribution is 2.90. The highest BCUT2D eigenvalue weighted by atomic mass is 16.5. The maximum absolute atomic E-state index is 6.76. The van der Waals surface area contributed by atoms with Gasteiger partial charge in [-0.15, -0.1) is 0 Å². The van der Waals surface area contributed by atoms with Crippen LogP contribution in [0.5, 0.6) is 0 Å². The van der Waals surface area contributed by atoms with Gasteiger partial charge in [0.05, 0.1) is 11.7 Å². The Bertz CT molecular complexity index is 599.